The number of rotatable bonds is 66. The van der Waals surface area contributed by atoms with Crippen molar-refractivity contribution < 1.29 is 42.1 Å². The first kappa shape index (κ1) is 82.2. The predicted octanol–water partition coefficient (Wildman–Crippen LogP) is 23.3. The van der Waals surface area contributed by atoms with Gasteiger partial charge in [-0.2, -0.15) is 0 Å². The minimum atomic E-state index is -4.39. The van der Waals surface area contributed by atoms with Crippen LogP contribution in [0.15, 0.2) is 85.1 Å². The fraction of sp³-hybridized carbons (Fsp3) is 0.787. The topological polar surface area (TPSA) is 108 Å². The molecule has 2 atom stereocenters. The maximum Gasteiger partial charge on any atom is 0.472 e. The molecule has 2 unspecified atom stereocenters. The molecule has 0 radical (unpaired) electrons. The van der Waals surface area contributed by atoms with Crippen molar-refractivity contribution in [3.8, 4) is 0 Å². The molecule has 494 valence electrons. The van der Waals surface area contributed by atoms with E-state index in [0.717, 1.165) is 77.0 Å². The third-order valence-electron chi connectivity index (χ3n) is 15.7. The van der Waals surface area contributed by atoms with E-state index in [0.29, 0.717) is 23.9 Å². The monoisotopic (exact) mass is 1210 g/mol. The average Bonchev–Trinajstić information content (AvgIpc) is 3.51. The minimum Gasteiger partial charge on any atom is -0.462 e. The molecule has 9 nitrogen and oxygen atoms in total. The van der Waals surface area contributed by atoms with Gasteiger partial charge in [-0.25, -0.2) is 4.57 Å². The molecule has 0 aliphatic heterocycles. The summed E-state index contributed by atoms with van der Waals surface area (Å²) in [6, 6.07) is 0. The Morgan fingerprint density at radius 1 is 0.376 bits per heavy atom. The van der Waals surface area contributed by atoms with E-state index in [4.69, 9.17) is 18.5 Å². The maximum atomic E-state index is 12.9. The molecule has 1 N–H and O–H groups in total. The molecule has 0 aliphatic carbocycles. The molecular weight excluding hydrogens is 1070 g/mol. The Morgan fingerprint density at radius 3 is 1.00 bits per heavy atom. The van der Waals surface area contributed by atoms with Gasteiger partial charge in [0.25, 0.3) is 0 Å². The van der Waals surface area contributed by atoms with Crippen LogP contribution in [0.5, 0.6) is 0 Å². The lowest BCUT2D eigenvalue weighted by Gasteiger charge is -2.24. The summed E-state index contributed by atoms with van der Waals surface area (Å²) in [5.74, 6) is -0.780. The van der Waals surface area contributed by atoms with E-state index in [1.54, 1.807) is 0 Å². The Kier molecular flexibility index (Phi) is 63.5. The highest BCUT2D eigenvalue weighted by Gasteiger charge is 2.27. The molecule has 0 saturated heterocycles. The minimum absolute atomic E-state index is 0.0329. The Balaban J connectivity index is 3.95. The zero-order valence-corrected chi connectivity index (χ0v) is 57.2. The van der Waals surface area contributed by atoms with Crippen LogP contribution in [-0.2, 0) is 32.7 Å². The first-order valence-corrected chi connectivity index (χ1v) is 37.3. The third-order valence-corrected chi connectivity index (χ3v) is 16.7. The van der Waals surface area contributed by atoms with Crippen molar-refractivity contribution in [1.82, 2.24) is 0 Å². The Hall–Kier alpha value is -2.81. The van der Waals surface area contributed by atoms with E-state index >= 15 is 0 Å². The number of likely N-dealkylation sites (N-methyl/N-ethyl adjacent to an activating group) is 1. The highest BCUT2D eigenvalue weighted by molar-refractivity contribution is 7.47. The van der Waals surface area contributed by atoms with Crippen LogP contribution in [0.2, 0.25) is 0 Å². The van der Waals surface area contributed by atoms with Crippen molar-refractivity contribution >= 4 is 19.8 Å². The van der Waals surface area contributed by atoms with E-state index in [2.05, 4.69) is 98.9 Å². The van der Waals surface area contributed by atoms with E-state index < -0.39 is 26.5 Å². The first-order chi connectivity index (χ1) is 41.5. The molecule has 0 spiro atoms. The highest BCUT2D eigenvalue weighted by Crippen LogP contribution is 2.43. The lowest BCUT2D eigenvalue weighted by atomic mass is 10.0. The molecule has 0 aromatic rings. The number of phosphoric ester groups is 1. The number of nitrogens with zero attached hydrogens (tertiary/aromatic N) is 1. The first-order valence-electron chi connectivity index (χ1n) is 35.8. The largest absolute Gasteiger partial charge is 0.472 e. The fourth-order valence-electron chi connectivity index (χ4n) is 10.2. The summed E-state index contributed by atoms with van der Waals surface area (Å²) in [7, 11) is 1.49. The lowest BCUT2D eigenvalue weighted by Crippen LogP contribution is -2.37. The molecule has 0 bridgehead atoms. The van der Waals surface area contributed by atoms with Gasteiger partial charge in [0.1, 0.15) is 19.8 Å². The van der Waals surface area contributed by atoms with Gasteiger partial charge >= 0.3 is 19.8 Å². The van der Waals surface area contributed by atoms with Crippen LogP contribution in [0, 0.1) is 0 Å². The summed E-state index contributed by atoms with van der Waals surface area (Å²) in [4.78, 5) is 35.8. The molecule has 0 rings (SSSR count). The maximum absolute atomic E-state index is 12.9. The Labute approximate surface area is 526 Å². The van der Waals surface area contributed by atoms with Crippen LogP contribution < -0.4 is 0 Å². The molecule has 0 amide bonds. The molecule has 10 heteroatoms. The molecular formula is C75H137NO8P+. The molecule has 0 aromatic heterocycles. The van der Waals surface area contributed by atoms with E-state index in [1.807, 2.05) is 21.1 Å². The molecule has 0 heterocycles. The van der Waals surface area contributed by atoms with Crippen LogP contribution in [0.25, 0.3) is 0 Å². The van der Waals surface area contributed by atoms with Crippen molar-refractivity contribution in [2.75, 3.05) is 47.5 Å². The molecule has 0 aromatic carbocycles. The fourth-order valence-corrected chi connectivity index (χ4v) is 11.0. The summed E-state index contributed by atoms with van der Waals surface area (Å²) < 4.78 is 34.7. The number of esters is 2. The number of allylic oxidation sites excluding steroid dienone is 14. The standard InChI is InChI=1S/C75H136NO8P/c1-6-8-10-12-14-16-18-20-22-24-26-28-29-30-31-32-33-34-35-36-37-38-39-40-41-42-43-44-45-46-47-48-50-52-54-56-58-60-62-64-66-68-75(78)84-73(72-83-85(79,80)82-70-69-76(3,4)5)71-81-74(77)67-65-63-61-59-57-55-53-51-49-27-25-23-21-19-17-15-13-11-9-7-2/h8,10,14,16,20,22,26,28,30-31,33-34,36-37,73H,6-7,9,11-13,15,17-19,21,23-25,27,29,32,35,38-72H2,1-5H3/p+1/b10-8-,16-14-,22-20-,28-26-,31-30-,34-33-,37-36-. The molecule has 85 heavy (non-hydrogen) atoms. The van der Waals surface area contributed by atoms with Crippen LogP contribution in [0.4, 0.5) is 0 Å². The molecule has 0 fully saturated rings. The summed E-state index contributed by atoms with van der Waals surface area (Å²) >= 11 is 0. The van der Waals surface area contributed by atoms with Gasteiger partial charge in [0, 0.05) is 12.8 Å². The van der Waals surface area contributed by atoms with Crippen molar-refractivity contribution in [3.63, 3.8) is 0 Å². The van der Waals surface area contributed by atoms with Crippen molar-refractivity contribution in [1.29, 1.82) is 0 Å². The van der Waals surface area contributed by atoms with Gasteiger partial charge < -0.3 is 18.9 Å². The van der Waals surface area contributed by atoms with Gasteiger partial charge in [0.05, 0.1) is 27.7 Å². The Bertz CT molecular complexity index is 1710. The van der Waals surface area contributed by atoms with Gasteiger partial charge in [-0.15, -0.1) is 0 Å². The number of carbonyl (C=O) groups excluding carboxylic acids is 2. The number of phosphoric acid groups is 1. The third kappa shape index (κ3) is 70.2. The molecule has 0 aliphatic rings. The highest BCUT2D eigenvalue weighted by atomic mass is 31.2. The summed E-state index contributed by atoms with van der Waals surface area (Å²) in [6.07, 6.45) is 89.8. The SMILES string of the molecule is CC/C=C\C/C=C\C/C=C\C/C=C\C/C=C\C/C=C\C/C=C\CCCCCCCCCCCCCCCCCCCCCC(=O)OC(COC(=O)CCCCCCCCCCCCCCCCCCCCCC)COP(=O)(O)OCC[N+](C)(C)C. The Morgan fingerprint density at radius 2 is 0.671 bits per heavy atom. The van der Waals surface area contributed by atoms with Crippen LogP contribution in [-0.4, -0.2) is 74.9 Å². The second-order valence-electron chi connectivity index (χ2n) is 25.3. The van der Waals surface area contributed by atoms with Gasteiger partial charge in [-0.05, 0) is 70.6 Å². The van der Waals surface area contributed by atoms with Crippen LogP contribution in [0.3, 0.4) is 0 Å². The van der Waals surface area contributed by atoms with E-state index in [-0.39, 0.29) is 25.6 Å². The summed E-state index contributed by atoms with van der Waals surface area (Å²) in [6.45, 7) is 4.37. The molecule has 0 saturated carbocycles. The van der Waals surface area contributed by atoms with Crippen molar-refractivity contribution in [2.45, 2.75) is 335 Å². The van der Waals surface area contributed by atoms with Crippen molar-refractivity contribution in [3.05, 3.63) is 85.1 Å². The van der Waals surface area contributed by atoms with Gasteiger partial charge in [-0.3, -0.25) is 18.6 Å². The number of ether oxygens (including phenoxy) is 2. The van der Waals surface area contributed by atoms with Crippen LogP contribution >= 0.6 is 7.82 Å². The number of quaternary nitrogens is 1. The van der Waals surface area contributed by atoms with E-state index in [9.17, 15) is 19.0 Å². The van der Waals surface area contributed by atoms with Crippen LogP contribution in [0.1, 0.15) is 328 Å². The zero-order chi connectivity index (χ0) is 61.9. The average molecular weight is 1210 g/mol. The quantitative estimate of drug-likeness (QED) is 0.0211. The predicted molar refractivity (Wildman–Crippen MR) is 367 cm³/mol. The van der Waals surface area contributed by atoms with E-state index in [1.165, 1.54) is 218 Å². The lowest BCUT2D eigenvalue weighted by molar-refractivity contribution is -0.870. The van der Waals surface area contributed by atoms with Gasteiger partial charge in [-0.1, -0.05) is 330 Å². The second-order valence-corrected chi connectivity index (χ2v) is 26.7. The number of carbonyl (C=O) groups is 2. The van der Waals surface area contributed by atoms with Gasteiger partial charge in [0.2, 0.25) is 0 Å². The normalized spacial score (nSPS) is 13.6. The number of unbranched alkanes of at least 4 members (excludes halogenated alkanes) is 38. The zero-order valence-electron chi connectivity index (χ0n) is 56.3. The van der Waals surface area contributed by atoms with Gasteiger partial charge in [0.15, 0.2) is 6.10 Å². The summed E-state index contributed by atoms with van der Waals surface area (Å²) in [5, 5.41) is 0. The number of hydrogen-bond acceptors (Lipinski definition) is 7. The summed E-state index contributed by atoms with van der Waals surface area (Å²) in [5.41, 5.74) is 0. The van der Waals surface area contributed by atoms with Crippen molar-refractivity contribution in [2.24, 2.45) is 0 Å². The smallest absolute Gasteiger partial charge is 0.462 e. The second kappa shape index (κ2) is 65.6. The number of hydrogen-bond donors (Lipinski definition) is 1.